The summed E-state index contributed by atoms with van der Waals surface area (Å²) in [6, 6.07) is 9.09. The molecule has 0 radical (unpaired) electrons. The monoisotopic (exact) mass is 347 g/mol. The number of rotatable bonds is 8. The molecule has 1 unspecified atom stereocenters. The van der Waals surface area contributed by atoms with Gasteiger partial charge in [0.15, 0.2) is 0 Å². The third-order valence-electron chi connectivity index (χ3n) is 2.91. The van der Waals surface area contributed by atoms with Gasteiger partial charge in [0.25, 0.3) is 0 Å². The third-order valence-corrected chi connectivity index (χ3v) is 3.62. The van der Waals surface area contributed by atoms with Crippen molar-refractivity contribution in [3.8, 4) is 0 Å². The molecule has 0 saturated carbocycles. The van der Waals surface area contributed by atoms with Crippen LogP contribution in [0.5, 0.6) is 0 Å². The Morgan fingerprint density at radius 1 is 1.12 bits per heavy atom. The summed E-state index contributed by atoms with van der Waals surface area (Å²) in [5.74, 6) is 0. The molecule has 1 aromatic carbocycles. The number of hydrogen-bond acceptors (Lipinski definition) is 2. The summed E-state index contributed by atoms with van der Waals surface area (Å²) in [5, 5.41) is 12.2. The third kappa shape index (κ3) is 6.38. The Bertz CT molecular complexity index is 300. The number of aliphatic hydroxyl groups is 1. The average Bonchev–Trinajstić information content (AvgIpc) is 2.34. The molecular formula is C14H22INO. The molecule has 0 bridgehead atoms. The summed E-state index contributed by atoms with van der Waals surface area (Å²) >= 11 is 2.33. The van der Waals surface area contributed by atoms with E-state index in [9.17, 15) is 0 Å². The maximum Gasteiger partial charge on any atom is 0.0431 e. The van der Waals surface area contributed by atoms with Crippen molar-refractivity contribution in [1.82, 2.24) is 5.32 Å². The van der Waals surface area contributed by atoms with Gasteiger partial charge in [-0.3, -0.25) is 0 Å². The molecule has 3 heteroatoms. The fraction of sp³-hybridized carbons (Fsp3) is 0.571. The van der Waals surface area contributed by atoms with Crippen LogP contribution in [-0.2, 0) is 0 Å². The topological polar surface area (TPSA) is 32.3 Å². The molecule has 2 N–H and O–H groups in total. The molecule has 1 aromatic rings. The Balaban J connectivity index is 2.16. The Morgan fingerprint density at radius 2 is 1.76 bits per heavy atom. The Kier molecular flexibility index (Phi) is 7.81. The molecule has 2 nitrogen and oxygen atoms in total. The van der Waals surface area contributed by atoms with Gasteiger partial charge in [0.05, 0.1) is 0 Å². The first-order valence-corrected chi connectivity index (χ1v) is 7.41. The molecule has 17 heavy (non-hydrogen) atoms. The average molecular weight is 347 g/mol. The zero-order valence-electron chi connectivity index (χ0n) is 10.5. The van der Waals surface area contributed by atoms with Crippen molar-refractivity contribution in [3.63, 3.8) is 0 Å². The highest BCUT2D eigenvalue weighted by Gasteiger charge is 2.03. The summed E-state index contributed by atoms with van der Waals surface area (Å²) in [6.45, 7) is 3.58. The molecule has 1 rings (SSSR count). The van der Waals surface area contributed by atoms with Crippen LogP contribution in [0.4, 0.5) is 0 Å². The maximum atomic E-state index is 8.67. The highest BCUT2D eigenvalue weighted by Crippen LogP contribution is 2.14. The normalized spacial score (nSPS) is 12.6. The lowest BCUT2D eigenvalue weighted by Gasteiger charge is -2.14. The second-order valence-corrected chi connectivity index (χ2v) is 5.61. The number of nitrogens with one attached hydrogen (secondary N) is 1. The van der Waals surface area contributed by atoms with Crippen LogP contribution in [0.2, 0.25) is 0 Å². The standard InChI is InChI=1S/C14H22INO/c1-12(13-6-8-14(15)9-7-13)16-10-4-2-3-5-11-17/h6-9,12,16-17H,2-5,10-11H2,1H3. The van der Waals surface area contributed by atoms with Gasteiger partial charge < -0.3 is 10.4 Å². The molecule has 0 heterocycles. The van der Waals surface area contributed by atoms with Gasteiger partial charge in [0, 0.05) is 16.2 Å². The molecular weight excluding hydrogens is 325 g/mol. The van der Waals surface area contributed by atoms with Gasteiger partial charge in [-0.2, -0.15) is 0 Å². The predicted molar refractivity (Wildman–Crippen MR) is 81.1 cm³/mol. The van der Waals surface area contributed by atoms with Crippen molar-refractivity contribution in [2.45, 2.75) is 38.6 Å². The molecule has 0 saturated heterocycles. The zero-order chi connectivity index (χ0) is 12.5. The number of aliphatic hydroxyl groups excluding tert-OH is 1. The van der Waals surface area contributed by atoms with Gasteiger partial charge in [-0.05, 0) is 66.6 Å². The summed E-state index contributed by atoms with van der Waals surface area (Å²) in [4.78, 5) is 0. The van der Waals surface area contributed by atoms with E-state index in [1.165, 1.54) is 22.0 Å². The summed E-state index contributed by atoms with van der Waals surface area (Å²) < 4.78 is 1.28. The quantitative estimate of drug-likeness (QED) is 0.557. The number of unbranched alkanes of at least 4 members (excludes halogenated alkanes) is 3. The fourth-order valence-corrected chi connectivity index (χ4v) is 2.14. The number of hydrogen-bond donors (Lipinski definition) is 2. The van der Waals surface area contributed by atoms with Gasteiger partial charge in [0.2, 0.25) is 0 Å². The molecule has 0 aliphatic heterocycles. The van der Waals surface area contributed by atoms with E-state index in [-0.39, 0.29) is 0 Å². The van der Waals surface area contributed by atoms with Crippen LogP contribution in [-0.4, -0.2) is 18.3 Å². The Hall–Kier alpha value is -0.130. The lowest BCUT2D eigenvalue weighted by Crippen LogP contribution is -2.19. The smallest absolute Gasteiger partial charge is 0.0431 e. The van der Waals surface area contributed by atoms with Crippen LogP contribution >= 0.6 is 22.6 Å². The predicted octanol–water partition coefficient (Wildman–Crippen LogP) is 3.49. The van der Waals surface area contributed by atoms with Crippen molar-refractivity contribution < 1.29 is 5.11 Å². The lowest BCUT2D eigenvalue weighted by molar-refractivity contribution is 0.282. The van der Waals surface area contributed by atoms with Crippen LogP contribution in [0, 0.1) is 3.57 Å². The van der Waals surface area contributed by atoms with E-state index in [1.54, 1.807) is 0 Å². The summed E-state index contributed by atoms with van der Waals surface area (Å²) in [7, 11) is 0. The minimum atomic E-state index is 0.326. The molecule has 0 aromatic heterocycles. The van der Waals surface area contributed by atoms with Gasteiger partial charge >= 0.3 is 0 Å². The molecule has 0 amide bonds. The zero-order valence-corrected chi connectivity index (χ0v) is 12.6. The molecule has 1 atom stereocenters. The van der Waals surface area contributed by atoms with Crippen molar-refractivity contribution in [3.05, 3.63) is 33.4 Å². The fourth-order valence-electron chi connectivity index (χ4n) is 1.78. The summed E-state index contributed by atoms with van der Waals surface area (Å²) in [6.07, 6.45) is 4.46. The molecule has 0 spiro atoms. The van der Waals surface area contributed by atoms with Gasteiger partial charge in [-0.15, -0.1) is 0 Å². The molecule has 0 aliphatic rings. The van der Waals surface area contributed by atoms with E-state index in [1.807, 2.05) is 0 Å². The van der Waals surface area contributed by atoms with Crippen LogP contribution in [0.1, 0.15) is 44.2 Å². The van der Waals surface area contributed by atoms with Gasteiger partial charge in [0.1, 0.15) is 0 Å². The van der Waals surface area contributed by atoms with Crippen LogP contribution in [0.3, 0.4) is 0 Å². The minimum Gasteiger partial charge on any atom is -0.396 e. The number of benzene rings is 1. The van der Waals surface area contributed by atoms with Crippen molar-refractivity contribution >= 4 is 22.6 Å². The highest BCUT2D eigenvalue weighted by molar-refractivity contribution is 14.1. The largest absolute Gasteiger partial charge is 0.396 e. The van der Waals surface area contributed by atoms with Crippen molar-refractivity contribution in [2.75, 3.05) is 13.2 Å². The highest BCUT2D eigenvalue weighted by atomic mass is 127. The molecule has 0 fully saturated rings. The first kappa shape index (κ1) is 14.9. The Labute approximate surface area is 118 Å². The van der Waals surface area contributed by atoms with Crippen LogP contribution in [0.15, 0.2) is 24.3 Å². The molecule has 96 valence electrons. The van der Waals surface area contributed by atoms with E-state index in [0.717, 1.165) is 19.4 Å². The first-order valence-electron chi connectivity index (χ1n) is 6.33. The van der Waals surface area contributed by atoms with E-state index < -0.39 is 0 Å². The van der Waals surface area contributed by atoms with E-state index >= 15 is 0 Å². The van der Waals surface area contributed by atoms with E-state index in [4.69, 9.17) is 5.11 Å². The maximum absolute atomic E-state index is 8.67. The second-order valence-electron chi connectivity index (χ2n) is 4.37. The van der Waals surface area contributed by atoms with Gasteiger partial charge in [-0.25, -0.2) is 0 Å². The minimum absolute atomic E-state index is 0.326. The van der Waals surface area contributed by atoms with E-state index in [0.29, 0.717) is 12.6 Å². The van der Waals surface area contributed by atoms with Gasteiger partial charge in [-0.1, -0.05) is 25.0 Å². The first-order chi connectivity index (χ1) is 8.24. The van der Waals surface area contributed by atoms with E-state index in [2.05, 4.69) is 59.1 Å². The van der Waals surface area contributed by atoms with Crippen molar-refractivity contribution in [1.29, 1.82) is 0 Å². The summed E-state index contributed by atoms with van der Waals surface area (Å²) in [5.41, 5.74) is 1.35. The van der Waals surface area contributed by atoms with Crippen LogP contribution < -0.4 is 5.32 Å². The second kappa shape index (κ2) is 8.89. The number of halogens is 1. The lowest BCUT2D eigenvalue weighted by atomic mass is 10.1. The SMILES string of the molecule is CC(NCCCCCCO)c1ccc(I)cc1. The van der Waals surface area contributed by atoms with Crippen molar-refractivity contribution in [2.24, 2.45) is 0 Å². The van der Waals surface area contributed by atoms with Crippen LogP contribution in [0.25, 0.3) is 0 Å². The Morgan fingerprint density at radius 3 is 2.41 bits per heavy atom. The molecule has 0 aliphatic carbocycles.